The lowest BCUT2D eigenvalue weighted by atomic mass is 10.0. The van der Waals surface area contributed by atoms with Crippen LogP contribution in [-0.2, 0) is 17.6 Å². The quantitative estimate of drug-likeness (QED) is 0.445. The van der Waals surface area contributed by atoms with Gasteiger partial charge in [-0.1, -0.05) is 60.7 Å². The second-order valence-corrected chi connectivity index (χ2v) is 6.50. The van der Waals surface area contributed by atoms with Crippen molar-refractivity contribution < 1.29 is 14.3 Å². The Morgan fingerprint density at radius 2 is 1.31 bits per heavy atom. The van der Waals surface area contributed by atoms with Crippen LogP contribution in [0.1, 0.15) is 11.1 Å². The Hall–Kier alpha value is -3.60. The maximum absolute atomic E-state index is 12.2. The molecule has 5 heteroatoms. The van der Waals surface area contributed by atoms with E-state index in [1.54, 1.807) is 31.4 Å². The summed E-state index contributed by atoms with van der Waals surface area (Å²) in [5.74, 6) is 1.02. The van der Waals surface area contributed by atoms with Crippen LogP contribution in [0.2, 0.25) is 0 Å². The minimum absolute atomic E-state index is 0.111. The third kappa shape index (κ3) is 6.81. The van der Waals surface area contributed by atoms with Gasteiger partial charge in [0, 0.05) is 18.6 Å². The van der Waals surface area contributed by atoms with Gasteiger partial charge in [0.05, 0.1) is 7.11 Å². The van der Waals surface area contributed by atoms with Gasteiger partial charge in [0.15, 0.2) is 6.61 Å². The van der Waals surface area contributed by atoms with Crippen LogP contribution in [0, 0.1) is 0 Å². The van der Waals surface area contributed by atoms with Crippen LogP contribution in [0.3, 0.4) is 0 Å². The zero-order valence-electron chi connectivity index (χ0n) is 16.4. The molecule has 0 saturated heterocycles. The number of nitrogens with zero attached hydrogens (tertiary/aromatic N) is 1. The fourth-order valence-electron chi connectivity index (χ4n) is 2.80. The number of hydrazone groups is 1. The minimum Gasteiger partial charge on any atom is -0.497 e. The Kier molecular flexibility index (Phi) is 7.41. The number of methoxy groups -OCH3 is 1. The second kappa shape index (κ2) is 10.7. The predicted molar refractivity (Wildman–Crippen MR) is 114 cm³/mol. The molecule has 3 rings (SSSR count). The van der Waals surface area contributed by atoms with Gasteiger partial charge in [-0.15, -0.1) is 0 Å². The lowest BCUT2D eigenvalue weighted by Gasteiger charge is -2.09. The summed E-state index contributed by atoms with van der Waals surface area (Å²) in [5.41, 5.74) is 5.78. The SMILES string of the molecule is COc1ccc(OCC(=O)NN=C(Cc2ccccc2)Cc2ccccc2)cc1. The number of hydrogen-bond donors (Lipinski definition) is 1. The minimum atomic E-state index is -0.306. The molecule has 0 aromatic heterocycles. The van der Waals surface area contributed by atoms with Crippen molar-refractivity contribution in [2.45, 2.75) is 12.8 Å². The Labute approximate surface area is 171 Å². The van der Waals surface area contributed by atoms with Crippen LogP contribution in [0.25, 0.3) is 0 Å². The van der Waals surface area contributed by atoms with Crippen molar-refractivity contribution in [3.63, 3.8) is 0 Å². The van der Waals surface area contributed by atoms with Gasteiger partial charge < -0.3 is 9.47 Å². The van der Waals surface area contributed by atoms with Crippen molar-refractivity contribution in [3.05, 3.63) is 96.1 Å². The molecule has 0 aliphatic heterocycles. The Morgan fingerprint density at radius 1 is 0.793 bits per heavy atom. The number of carbonyl (C=O) groups excluding carboxylic acids is 1. The van der Waals surface area contributed by atoms with E-state index >= 15 is 0 Å². The number of nitrogens with one attached hydrogen (secondary N) is 1. The van der Waals surface area contributed by atoms with Crippen LogP contribution >= 0.6 is 0 Å². The first kappa shape index (κ1) is 20.1. The molecule has 0 radical (unpaired) electrons. The van der Waals surface area contributed by atoms with E-state index in [9.17, 15) is 4.79 Å². The number of ether oxygens (including phenoxy) is 2. The van der Waals surface area contributed by atoms with Gasteiger partial charge in [-0.25, -0.2) is 5.43 Å². The molecule has 0 aliphatic carbocycles. The van der Waals surface area contributed by atoms with Crippen molar-refractivity contribution in [2.75, 3.05) is 13.7 Å². The Balaban J connectivity index is 1.60. The van der Waals surface area contributed by atoms with Gasteiger partial charge in [-0.2, -0.15) is 5.10 Å². The largest absolute Gasteiger partial charge is 0.497 e. The average Bonchev–Trinajstić information content (AvgIpc) is 2.78. The van der Waals surface area contributed by atoms with Gasteiger partial charge >= 0.3 is 0 Å². The number of carbonyl (C=O) groups is 1. The normalized spacial score (nSPS) is 10.1. The molecule has 0 fully saturated rings. The standard InChI is InChI=1S/C24H24N2O3/c1-28-22-12-14-23(15-13-22)29-18-24(27)26-25-21(16-19-8-4-2-5-9-19)17-20-10-6-3-7-11-20/h2-15H,16-18H2,1H3,(H,26,27). The summed E-state index contributed by atoms with van der Waals surface area (Å²) < 4.78 is 10.6. The first-order valence-electron chi connectivity index (χ1n) is 9.42. The number of rotatable bonds is 9. The van der Waals surface area contributed by atoms with E-state index in [1.165, 1.54) is 0 Å². The summed E-state index contributed by atoms with van der Waals surface area (Å²) in [6.45, 7) is -0.111. The third-order valence-corrected chi connectivity index (χ3v) is 4.27. The lowest BCUT2D eigenvalue weighted by molar-refractivity contribution is -0.123. The molecule has 0 aliphatic rings. The highest BCUT2D eigenvalue weighted by molar-refractivity contribution is 5.90. The fourth-order valence-corrected chi connectivity index (χ4v) is 2.80. The molecule has 1 N–H and O–H groups in total. The summed E-state index contributed by atoms with van der Waals surface area (Å²) in [6.07, 6.45) is 1.32. The number of amides is 1. The Bertz CT molecular complexity index is 880. The van der Waals surface area contributed by atoms with Crippen LogP contribution in [0.5, 0.6) is 11.5 Å². The van der Waals surface area contributed by atoms with E-state index in [-0.39, 0.29) is 12.5 Å². The molecule has 0 heterocycles. The first-order valence-corrected chi connectivity index (χ1v) is 9.42. The highest BCUT2D eigenvalue weighted by Gasteiger charge is 2.07. The molecular weight excluding hydrogens is 364 g/mol. The molecule has 3 aromatic rings. The molecule has 5 nitrogen and oxygen atoms in total. The summed E-state index contributed by atoms with van der Waals surface area (Å²) in [7, 11) is 1.60. The maximum Gasteiger partial charge on any atom is 0.277 e. The molecule has 148 valence electrons. The third-order valence-electron chi connectivity index (χ3n) is 4.27. The van der Waals surface area contributed by atoms with E-state index in [0.29, 0.717) is 18.6 Å². The molecule has 3 aromatic carbocycles. The molecule has 0 bridgehead atoms. The smallest absolute Gasteiger partial charge is 0.277 e. The van der Waals surface area contributed by atoms with Crippen molar-refractivity contribution >= 4 is 11.6 Å². The molecule has 29 heavy (non-hydrogen) atoms. The van der Waals surface area contributed by atoms with E-state index in [1.807, 2.05) is 36.4 Å². The van der Waals surface area contributed by atoms with Crippen molar-refractivity contribution in [1.29, 1.82) is 0 Å². The highest BCUT2D eigenvalue weighted by atomic mass is 16.5. The maximum atomic E-state index is 12.2. The monoisotopic (exact) mass is 388 g/mol. The van der Waals surface area contributed by atoms with E-state index in [4.69, 9.17) is 9.47 Å². The van der Waals surface area contributed by atoms with Gasteiger partial charge in [-0.3, -0.25) is 4.79 Å². The zero-order chi connectivity index (χ0) is 20.3. The molecule has 0 spiro atoms. The van der Waals surface area contributed by atoms with Crippen LogP contribution in [0.4, 0.5) is 0 Å². The summed E-state index contributed by atoms with van der Waals surface area (Å²) >= 11 is 0. The van der Waals surface area contributed by atoms with E-state index in [0.717, 1.165) is 22.6 Å². The molecule has 0 atom stereocenters. The average molecular weight is 388 g/mol. The molecular formula is C24H24N2O3. The molecule has 1 amide bonds. The summed E-state index contributed by atoms with van der Waals surface area (Å²) in [4.78, 5) is 12.2. The Morgan fingerprint density at radius 3 is 1.83 bits per heavy atom. The summed E-state index contributed by atoms with van der Waals surface area (Å²) in [5, 5.41) is 4.37. The van der Waals surface area contributed by atoms with Crippen molar-refractivity contribution in [3.8, 4) is 11.5 Å². The van der Waals surface area contributed by atoms with Crippen molar-refractivity contribution in [2.24, 2.45) is 5.10 Å². The van der Waals surface area contributed by atoms with Crippen LogP contribution in [0.15, 0.2) is 90.0 Å². The first-order chi connectivity index (χ1) is 14.2. The summed E-state index contributed by atoms with van der Waals surface area (Å²) in [6, 6.07) is 27.2. The predicted octanol–water partition coefficient (Wildman–Crippen LogP) is 4.03. The topological polar surface area (TPSA) is 59.9 Å². The molecule has 0 unspecified atom stereocenters. The van der Waals surface area contributed by atoms with Crippen molar-refractivity contribution in [1.82, 2.24) is 5.43 Å². The number of hydrogen-bond acceptors (Lipinski definition) is 4. The fraction of sp³-hybridized carbons (Fsp3) is 0.167. The zero-order valence-corrected chi connectivity index (χ0v) is 16.4. The van der Waals surface area contributed by atoms with E-state index < -0.39 is 0 Å². The highest BCUT2D eigenvalue weighted by Crippen LogP contribution is 2.16. The van der Waals surface area contributed by atoms with E-state index in [2.05, 4.69) is 34.8 Å². The van der Waals surface area contributed by atoms with Gasteiger partial charge in [0.2, 0.25) is 0 Å². The second-order valence-electron chi connectivity index (χ2n) is 6.50. The van der Waals surface area contributed by atoms with Crippen LogP contribution in [-0.4, -0.2) is 25.3 Å². The van der Waals surface area contributed by atoms with Crippen LogP contribution < -0.4 is 14.9 Å². The number of benzene rings is 3. The van der Waals surface area contributed by atoms with Gasteiger partial charge in [0.25, 0.3) is 5.91 Å². The van der Waals surface area contributed by atoms with Gasteiger partial charge in [0.1, 0.15) is 11.5 Å². The lowest BCUT2D eigenvalue weighted by Crippen LogP contribution is -2.26. The molecule has 0 saturated carbocycles. The van der Waals surface area contributed by atoms with Gasteiger partial charge in [-0.05, 0) is 35.4 Å².